The predicted molar refractivity (Wildman–Crippen MR) is 132 cm³/mol. The first-order valence-electron chi connectivity index (χ1n) is 9.83. The van der Waals surface area contributed by atoms with Gasteiger partial charge in [0.05, 0.1) is 0 Å². The molecule has 0 unspecified atom stereocenters. The summed E-state index contributed by atoms with van der Waals surface area (Å²) in [7, 11) is -2.51. The van der Waals surface area contributed by atoms with E-state index < -0.39 is 19.0 Å². The van der Waals surface area contributed by atoms with Crippen molar-refractivity contribution in [3.05, 3.63) is 126 Å². The van der Waals surface area contributed by atoms with Gasteiger partial charge in [-0.3, -0.25) is 0 Å². The topological polar surface area (TPSA) is 0 Å². The predicted octanol–water partition coefficient (Wildman–Crippen LogP) is 6.51. The molecule has 0 heterocycles. The molecule has 0 aromatic heterocycles. The first-order chi connectivity index (χ1) is 14.5. The molecule has 4 rings (SSSR count). The van der Waals surface area contributed by atoms with Gasteiger partial charge in [-0.25, -0.2) is 0 Å². The van der Waals surface area contributed by atoms with Crippen LogP contribution in [0.5, 0.6) is 0 Å². The zero-order valence-corrected chi connectivity index (χ0v) is 19.4. The van der Waals surface area contributed by atoms with Crippen molar-refractivity contribution >= 4 is 40.2 Å². The zero-order valence-electron chi connectivity index (χ0n) is 16.7. The van der Waals surface area contributed by atoms with E-state index in [-0.39, 0.29) is 17.0 Å². The molecule has 0 aliphatic rings. The average Bonchev–Trinajstić information content (AvgIpc) is 2.79. The zero-order chi connectivity index (χ0) is 21.0. The molecule has 4 aromatic carbocycles. The molecule has 5 heteroatoms. The van der Waals surface area contributed by atoms with E-state index in [1.165, 1.54) is 28.0 Å². The minimum atomic E-state index is -4.33. The van der Waals surface area contributed by atoms with Gasteiger partial charge in [-0.05, 0) is 0 Å². The second kappa shape index (κ2) is 9.80. The molecule has 0 atom stereocenters. The Labute approximate surface area is 191 Å². The van der Waals surface area contributed by atoms with Gasteiger partial charge in [-0.1, -0.05) is 0 Å². The van der Waals surface area contributed by atoms with Crippen molar-refractivity contribution in [1.82, 2.24) is 0 Å². The summed E-state index contributed by atoms with van der Waals surface area (Å²) in [5.41, 5.74) is 0.295. The molecule has 0 spiro atoms. The van der Waals surface area contributed by atoms with Gasteiger partial charge in [0, 0.05) is 0 Å². The molecule has 0 aliphatic carbocycles. The van der Waals surface area contributed by atoms with Crippen molar-refractivity contribution < 1.29 is 13.2 Å². The van der Waals surface area contributed by atoms with Gasteiger partial charge in [-0.15, -0.1) is 17.0 Å². The Kier molecular flexibility index (Phi) is 7.35. The van der Waals surface area contributed by atoms with Crippen LogP contribution in [0.15, 0.2) is 115 Å². The summed E-state index contributed by atoms with van der Waals surface area (Å²) in [4.78, 5) is 0. The number of hydrogen-bond acceptors (Lipinski definition) is 0. The van der Waals surface area contributed by atoms with Crippen molar-refractivity contribution in [1.29, 1.82) is 0 Å². The van der Waals surface area contributed by atoms with Gasteiger partial charge >= 0.3 is 175 Å². The molecule has 0 fully saturated rings. The fourth-order valence-electron chi connectivity index (χ4n) is 4.09. The van der Waals surface area contributed by atoms with Crippen LogP contribution in [0.3, 0.4) is 0 Å². The number of halogens is 4. The standard InChI is InChI=1S/C26H22F3P.BrH/c27-26(28,29)22-18-16-21(17-19-22)20-30(23-10-4-1-5-11-23,24-12-6-2-7-13-24)25-14-8-3-9-15-25;/h1-19,30H,20H2;1H. The fraction of sp³-hybridized carbons (Fsp3) is 0.0769. The van der Waals surface area contributed by atoms with Crippen molar-refractivity contribution in [3.63, 3.8) is 0 Å². The Hall–Kier alpha value is -2.42. The summed E-state index contributed by atoms with van der Waals surface area (Å²) in [5.74, 6) is 0. The van der Waals surface area contributed by atoms with Crippen molar-refractivity contribution in [2.24, 2.45) is 0 Å². The van der Waals surface area contributed by atoms with Crippen LogP contribution in [0.2, 0.25) is 0 Å². The molecular formula is C26H23BrF3P. The molecule has 0 bridgehead atoms. The molecular weight excluding hydrogens is 480 g/mol. The van der Waals surface area contributed by atoms with Gasteiger partial charge in [0.1, 0.15) is 0 Å². The normalized spacial score (nSPS) is 12.1. The SMILES string of the molecule is Br.FC(F)(F)c1ccc(C[PH](c2ccccc2)(c2ccccc2)c2ccccc2)cc1. The third-order valence-corrected chi connectivity index (χ3v) is 10.4. The van der Waals surface area contributed by atoms with E-state index in [1.54, 1.807) is 12.1 Å². The number of hydrogen-bond donors (Lipinski definition) is 0. The summed E-state index contributed by atoms with van der Waals surface area (Å²) >= 11 is 0. The van der Waals surface area contributed by atoms with Crippen LogP contribution >= 0.6 is 24.2 Å². The summed E-state index contributed by atoms with van der Waals surface area (Å²) < 4.78 is 39.2. The van der Waals surface area contributed by atoms with Crippen LogP contribution in [-0.4, -0.2) is 0 Å². The van der Waals surface area contributed by atoms with Crippen LogP contribution < -0.4 is 15.9 Å². The van der Waals surface area contributed by atoms with E-state index in [0.717, 1.165) is 5.56 Å². The summed E-state index contributed by atoms with van der Waals surface area (Å²) in [6.07, 6.45) is -3.64. The van der Waals surface area contributed by atoms with E-state index in [1.807, 2.05) is 54.6 Å². The maximum absolute atomic E-state index is 13.1. The molecule has 4 aromatic rings. The number of rotatable bonds is 5. The Morgan fingerprint density at radius 3 is 1.19 bits per heavy atom. The first-order valence-corrected chi connectivity index (χ1v) is 12.0. The summed E-state index contributed by atoms with van der Waals surface area (Å²) in [5, 5.41) is 3.71. The number of benzene rings is 4. The van der Waals surface area contributed by atoms with Crippen LogP contribution in [0.25, 0.3) is 0 Å². The summed E-state index contributed by atoms with van der Waals surface area (Å²) in [6, 6.07) is 36.7. The van der Waals surface area contributed by atoms with Crippen molar-refractivity contribution in [2.75, 3.05) is 0 Å². The second-order valence-electron chi connectivity index (χ2n) is 7.37. The quantitative estimate of drug-likeness (QED) is 0.273. The molecule has 31 heavy (non-hydrogen) atoms. The molecule has 0 nitrogen and oxygen atoms in total. The second-order valence-corrected chi connectivity index (χ2v) is 11.3. The van der Waals surface area contributed by atoms with E-state index in [4.69, 9.17) is 0 Å². The molecule has 0 aliphatic heterocycles. The van der Waals surface area contributed by atoms with Crippen LogP contribution in [-0.2, 0) is 12.3 Å². The van der Waals surface area contributed by atoms with E-state index >= 15 is 0 Å². The van der Waals surface area contributed by atoms with Crippen LogP contribution in [0, 0.1) is 0 Å². The minimum absolute atomic E-state index is 0. The molecule has 0 amide bonds. The van der Waals surface area contributed by atoms with Crippen LogP contribution in [0.1, 0.15) is 11.1 Å². The summed E-state index contributed by atoms with van der Waals surface area (Å²) in [6.45, 7) is 0. The third kappa shape index (κ3) is 4.92. The van der Waals surface area contributed by atoms with Gasteiger partial charge in [0.15, 0.2) is 0 Å². The van der Waals surface area contributed by atoms with Gasteiger partial charge in [-0.2, -0.15) is 0 Å². The molecule has 160 valence electrons. The van der Waals surface area contributed by atoms with Crippen molar-refractivity contribution in [2.45, 2.75) is 12.3 Å². The molecule has 0 saturated heterocycles. The van der Waals surface area contributed by atoms with Crippen LogP contribution in [0.4, 0.5) is 13.2 Å². The monoisotopic (exact) mass is 502 g/mol. The molecule has 0 saturated carbocycles. The maximum atomic E-state index is 13.1. The Bertz CT molecular complexity index is 984. The van der Waals surface area contributed by atoms with E-state index in [2.05, 4.69) is 36.4 Å². The first kappa shape index (κ1) is 23.2. The Morgan fingerprint density at radius 1 is 0.516 bits per heavy atom. The fourth-order valence-corrected chi connectivity index (χ4v) is 8.84. The van der Waals surface area contributed by atoms with E-state index in [9.17, 15) is 13.2 Å². The third-order valence-electron chi connectivity index (χ3n) is 5.55. The Morgan fingerprint density at radius 2 is 0.871 bits per heavy atom. The van der Waals surface area contributed by atoms with Gasteiger partial charge in [0.2, 0.25) is 0 Å². The molecule has 0 radical (unpaired) electrons. The van der Waals surface area contributed by atoms with Gasteiger partial charge in [0.25, 0.3) is 0 Å². The molecule has 0 N–H and O–H groups in total. The average molecular weight is 503 g/mol. The van der Waals surface area contributed by atoms with Gasteiger partial charge < -0.3 is 0 Å². The van der Waals surface area contributed by atoms with E-state index in [0.29, 0.717) is 6.16 Å². The Balaban J connectivity index is 0.00000272. The van der Waals surface area contributed by atoms with Crippen molar-refractivity contribution in [3.8, 4) is 0 Å². The number of alkyl halides is 3.